The van der Waals surface area contributed by atoms with Crippen molar-refractivity contribution in [3.63, 3.8) is 0 Å². The molecule has 8 heteroatoms. The highest BCUT2D eigenvalue weighted by Gasteiger charge is 2.22. The summed E-state index contributed by atoms with van der Waals surface area (Å²) >= 11 is 0. The van der Waals surface area contributed by atoms with E-state index in [0.29, 0.717) is 0 Å². The number of carbonyl (C=O) groups is 1. The van der Waals surface area contributed by atoms with E-state index < -0.39 is 22.1 Å². The summed E-state index contributed by atoms with van der Waals surface area (Å²) in [5.41, 5.74) is 0.953. The Morgan fingerprint density at radius 1 is 1.33 bits per heavy atom. The van der Waals surface area contributed by atoms with Crippen molar-refractivity contribution in [3.05, 3.63) is 29.8 Å². The number of benzene rings is 1. The fraction of sp³-hybridized carbons (Fsp3) is 0.462. The molecule has 3 N–H and O–H groups in total. The van der Waals surface area contributed by atoms with Crippen LogP contribution in [0.1, 0.15) is 5.56 Å². The number of carboxylic acids is 1. The Labute approximate surface area is 124 Å². The van der Waals surface area contributed by atoms with E-state index in [1.54, 1.807) is 12.1 Å². The minimum atomic E-state index is -3.66. The molecule has 0 radical (unpaired) electrons. The zero-order chi connectivity index (χ0) is 16.0. The maximum Gasteiger partial charge on any atom is 0.317 e. The molecular formula is C13H20N2O5S. The smallest absolute Gasteiger partial charge is 0.317 e. The number of aryl methyl sites for hydroxylation is 1. The Morgan fingerprint density at radius 2 is 1.90 bits per heavy atom. The molecule has 0 aromatic heterocycles. The number of hydrogen-bond acceptors (Lipinski definition) is 5. The van der Waals surface area contributed by atoms with Crippen LogP contribution in [0.5, 0.6) is 0 Å². The SMILES string of the molecule is Cc1ccc(S(=O)(=O)N(C)C[C@H](O)CNCC(=O)O)cc1. The maximum atomic E-state index is 12.3. The minimum absolute atomic E-state index is 0.0000574. The van der Waals surface area contributed by atoms with E-state index in [4.69, 9.17) is 5.11 Å². The summed E-state index contributed by atoms with van der Waals surface area (Å²) in [7, 11) is -2.29. The number of sulfonamides is 1. The molecule has 1 aromatic rings. The van der Waals surface area contributed by atoms with Crippen LogP contribution in [0.15, 0.2) is 29.2 Å². The Morgan fingerprint density at radius 3 is 2.43 bits per heavy atom. The standard InChI is InChI=1S/C13H20N2O5S/c1-10-3-5-12(6-4-10)21(19,20)15(2)9-11(16)7-14-8-13(17)18/h3-6,11,14,16H,7-9H2,1-2H3,(H,17,18)/t11-/m1/s1. The monoisotopic (exact) mass is 316 g/mol. The van der Waals surface area contributed by atoms with Crippen molar-refractivity contribution < 1.29 is 23.4 Å². The number of nitrogens with one attached hydrogen (secondary N) is 1. The van der Waals surface area contributed by atoms with Crippen molar-refractivity contribution in [1.29, 1.82) is 0 Å². The van der Waals surface area contributed by atoms with Gasteiger partial charge in [0.25, 0.3) is 0 Å². The summed E-state index contributed by atoms with van der Waals surface area (Å²) in [6.07, 6.45) is -0.991. The molecule has 0 aliphatic rings. The molecule has 0 unspecified atom stereocenters. The van der Waals surface area contributed by atoms with Gasteiger partial charge in [-0.15, -0.1) is 0 Å². The van der Waals surface area contributed by atoms with Crippen LogP contribution in [0.4, 0.5) is 0 Å². The number of hydrogen-bond donors (Lipinski definition) is 3. The molecule has 0 heterocycles. The van der Waals surface area contributed by atoms with Gasteiger partial charge in [0.05, 0.1) is 17.5 Å². The third kappa shape index (κ3) is 5.43. The van der Waals surface area contributed by atoms with Gasteiger partial charge in [-0.3, -0.25) is 4.79 Å². The molecule has 21 heavy (non-hydrogen) atoms. The van der Waals surface area contributed by atoms with Gasteiger partial charge in [0, 0.05) is 20.1 Å². The number of nitrogens with zero attached hydrogens (tertiary/aromatic N) is 1. The first-order chi connectivity index (χ1) is 9.73. The molecule has 0 aliphatic carbocycles. The van der Waals surface area contributed by atoms with Crippen LogP contribution in [0.25, 0.3) is 0 Å². The predicted octanol–water partition coefficient (Wildman–Crippen LogP) is -0.349. The summed E-state index contributed by atoms with van der Waals surface area (Å²) in [6.45, 7) is 1.45. The largest absolute Gasteiger partial charge is 0.480 e. The van der Waals surface area contributed by atoms with Crippen LogP contribution in [0, 0.1) is 6.92 Å². The molecular weight excluding hydrogens is 296 g/mol. The van der Waals surface area contributed by atoms with E-state index in [1.165, 1.54) is 19.2 Å². The van der Waals surface area contributed by atoms with Crippen LogP contribution < -0.4 is 5.32 Å². The first kappa shape index (κ1) is 17.6. The number of aliphatic hydroxyl groups is 1. The average Bonchev–Trinajstić information content (AvgIpc) is 2.38. The fourth-order valence-corrected chi connectivity index (χ4v) is 2.90. The van der Waals surface area contributed by atoms with Crippen molar-refractivity contribution in [1.82, 2.24) is 9.62 Å². The van der Waals surface area contributed by atoms with E-state index in [-0.39, 0.29) is 24.5 Å². The van der Waals surface area contributed by atoms with Gasteiger partial charge in [-0.2, -0.15) is 4.31 Å². The van der Waals surface area contributed by atoms with Crippen LogP contribution in [-0.4, -0.2) is 61.7 Å². The Kier molecular flexibility index (Phi) is 6.28. The van der Waals surface area contributed by atoms with Gasteiger partial charge in [-0.05, 0) is 19.1 Å². The molecule has 0 amide bonds. The fourth-order valence-electron chi connectivity index (χ4n) is 1.70. The number of aliphatic hydroxyl groups excluding tert-OH is 1. The van der Waals surface area contributed by atoms with Crippen molar-refractivity contribution >= 4 is 16.0 Å². The lowest BCUT2D eigenvalue weighted by molar-refractivity contribution is -0.136. The van der Waals surface area contributed by atoms with Gasteiger partial charge in [0.15, 0.2) is 0 Å². The van der Waals surface area contributed by atoms with Crippen molar-refractivity contribution in [2.45, 2.75) is 17.9 Å². The highest BCUT2D eigenvalue weighted by atomic mass is 32.2. The van der Waals surface area contributed by atoms with E-state index in [1.807, 2.05) is 6.92 Å². The molecule has 0 saturated heterocycles. The van der Waals surface area contributed by atoms with Gasteiger partial charge in [0.1, 0.15) is 0 Å². The quantitative estimate of drug-likeness (QED) is 0.605. The number of rotatable bonds is 8. The molecule has 1 atom stereocenters. The molecule has 0 bridgehead atoms. The van der Waals surface area contributed by atoms with E-state index in [0.717, 1.165) is 9.87 Å². The number of likely N-dealkylation sites (N-methyl/N-ethyl adjacent to an activating group) is 1. The summed E-state index contributed by atoms with van der Waals surface area (Å²) in [6, 6.07) is 6.42. The van der Waals surface area contributed by atoms with Crippen LogP contribution >= 0.6 is 0 Å². The van der Waals surface area contributed by atoms with Crippen molar-refractivity contribution in [2.75, 3.05) is 26.7 Å². The van der Waals surface area contributed by atoms with Crippen molar-refractivity contribution in [3.8, 4) is 0 Å². The highest BCUT2D eigenvalue weighted by Crippen LogP contribution is 2.15. The summed E-state index contributed by atoms with van der Waals surface area (Å²) < 4.78 is 25.6. The molecule has 1 rings (SSSR count). The van der Waals surface area contributed by atoms with Crippen LogP contribution in [0.2, 0.25) is 0 Å². The highest BCUT2D eigenvalue weighted by molar-refractivity contribution is 7.89. The molecule has 0 aliphatic heterocycles. The minimum Gasteiger partial charge on any atom is -0.480 e. The third-order valence-electron chi connectivity index (χ3n) is 2.85. The van der Waals surface area contributed by atoms with Gasteiger partial charge in [-0.25, -0.2) is 8.42 Å². The number of aliphatic carboxylic acids is 1. The second-order valence-corrected chi connectivity index (χ2v) is 6.82. The predicted molar refractivity (Wildman–Crippen MR) is 77.5 cm³/mol. The van der Waals surface area contributed by atoms with Gasteiger partial charge >= 0.3 is 5.97 Å². The van der Waals surface area contributed by atoms with Gasteiger partial charge < -0.3 is 15.5 Å². The first-order valence-electron chi connectivity index (χ1n) is 6.37. The van der Waals surface area contributed by atoms with E-state index >= 15 is 0 Å². The second-order valence-electron chi connectivity index (χ2n) is 4.78. The molecule has 118 valence electrons. The zero-order valence-corrected chi connectivity index (χ0v) is 12.8. The molecule has 0 spiro atoms. The number of carboxylic acid groups (broad SMARTS) is 1. The Bertz CT molecular complexity index is 571. The second kappa shape index (κ2) is 7.51. The topological polar surface area (TPSA) is 107 Å². The molecule has 0 saturated carbocycles. The lowest BCUT2D eigenvalue weighted by Crippen LogP contribution is -2.40. The summed E-state index contributed by atoms with van der Waals surface area (Å²) in [5.74, 6) is -1.04. The molecule has 7 nitrogen and oxygen atoms in total. The molecule has 0 fully saturated rings. The van der Waals surface area contributed by atoms with Crippen LogP contribution in [0.3, 0.4) is 0 Å². The van der Waals surface area contributed by atoms with Gasteiger partial charge in [-0.1, -0.05) is 17.7 Å². The first-order valence-corrected chi connectivity index (χ1v) is 7.81. The summed E-state index contributed by atoms with van der Waals surface area (Å²) in [5, 5.41) is 20.7. The van der Waals surface area contributed by atoms with Crippen molar-refractivity contribution in [2.24, 2.45) is 0 Å². The van der Waals surface area contributed by atoms with Crippen LogP contribution in [-0.2, 0) is 14.8 Å². The lowest BCUT2D eigenvalue weighted by atomic mass is 10.2. The third-order valence-corrected chi connectivity index (χ3v) is 4.69. The Hall–Kier alpha value is -1.48. The zero-order valence-electron chi connectivity index (χ0n) is 12.0. The average molecular weight is 316 g/mol. The maximum absolute atomic E-state index is 12.3. The Balaban J connectivity index is 2.62. The van der Waals surface area contributed by atoms with E-state index in [9.17, 15) is 18.3 Å². The lowest BCUT2D eigenvalue weighted by Gasteiger charge is -2.20. The summed E-state index contributed by atoms with van der Waals surface area (Å²) in [4.78, 5) is 10.5. The normalized spacial score (nSPS) is 13.3. The molecule has 1 aromatic carbocycles. The van der Waals surface area contributed by atoms with Gasteiger partial charge in [0.2, 0.25) is 10.0 Å². The van der Waals surface area contributed by atoms with E-state index in [2.05, 4.69) is 5.32 Å².